The predicted molar refractivity (Wildman–Crippen MR) is 113 cm³/mol. The van der Waals surface area contributed by atoms with Gasteiger partial charge < -0.3 is 10.1 Å². The molecule has 0 aliphatic rings. The molecule has 2 aromatic heterocycles. The number of nitrogens with zero attached hydrogens (tertiary/aromatic N) is 3. The van der Waals surface area contributed by atoms with Crippen molar-refractivity contribution in [3.05, 3.63) is 54.9 Å². The molecule has 2 aromatic carbocycles. The van der Waals surface area contributed by atoms with Gasteiger partial charge in [0.15, 0.2) is 10.2 Å². The van der Waals surface area contributed by atoms with Gasteiger partial charge in [0.05, 0.1) is 40.3 Å². The van der Waals surface area contributed by atoms with Crippen molar-refractivity contribution in [2.75, 3.05) is 12.4 Å². The number of hydrogen-bond acceptors (Lipinski definition) is 8. The molecule has 0 fully saturated rings. The Morgan fingerprint density at radius 2 is 1.83 bits per heavy atom. The number of nitrogens with one attached hydrogen (secondary N) is 1. The van der Waals surface area contributed by atoms with Crippen LogP contribution in [-0.2, 0) is 14.6 Å². The van der Waals surface area contributed by atoms with E-state index in [2.05, 4.69) is 20.3 Å². The second-order valence-corrected chi connectivity index (χ2v) is 9.23. The third kappa shape index (κ3) is 3.87. The lowest BCUT2D eigenvalue weighted by Crippen LogP contribution is -2.06. The monoisotopic (exact) mass is 440 g/mol. The van der Waals surface area contributed by atoms with Crippen LogP contribution in [0.2, 0.25) is 0 Å². The summed E-state index contributed by atoms with van der Waals surface area (Å²) >= 11 is 1.32. The molecule has 10 heteroatoms. The van der Waals surface area contributed by atoms with Gasteiger partial charge in [-0.2, -0.15) is 0 Å². The number of amides is 1. The van der Waals surface area contributed by atoms with E-state index in [9.17, 15) is 13.2 Å². The van der Waals surface area contributed by atoms with Gasteiger partial charge in [0.25, 0.3) is 0 Å². The molecule has 1 N–H and O–H groups in total. The fourth-order valence-corrected chi connectivity index (χ4v) is 4.89. The van der Waals surface area contributed by atoms with Crippen LogP contribution in [0.1, 0.15) is 6.92 Å². The lowest BCUT2D eigenvalue weighted by atomic mass is 10.1. The number of methoxy groups -OCH3 is 1. The molecule has 0 unspecified atom stereocenters. The molecule has 0 bridgehead atoms. The van der Waals surface area contributed by atoms with Gasteiger partial charge >= 0.3 is 0 Å². The van der Waals surface area contributed by atoms with Crippen molar-refractivity contribution in [1.29, 1.82) is 0 Å². The van der Waals surface area contributed by atoms with E-state index >= 15 is 0 Å². The Morgan fingerprint density at radius 3 is 2.53 bits per heavy atom. The standard InChI is InChI=1S/C20H16N4O4S2/c1-12(25)22-20-24-16-8-3-13(9-18(16)29-20)17-10-21-11-19(23-17)30(26,27)15-6-4-14(28-2)5-7-15/h3-11H,1-2H3,(H,22,24,25). The Balaban J connectivity index is 1.71. The van der Waals surface area contributed by atoms with Crippen molar-refractivity contribution in [1.82, 2.24) is 15.0 Å². The lowest BCUT2D eigenvalue weighted by Gasteiger charge is -2.07. The van der Waals surface area contributed by atoms with Crippen LogP contribution in [0, 0.1) is 0 Å². The number of hydrogen-bond donors (Lipinski definition) is 1. The average Bonchev–Trinajstić information content (AvgIpc) is 3.14. The molecule has 0 saturated heterocycles. The maximum Gasteiger partial charge on any atom is 0.225 e. The van der Waals surface area contributed by atoms with Gasteiger partial charge in [0.2, 0.25) is 15.7 Å². The van der Waals surface area contributed by atoms with Gasteiger partial charge in [-0.15, -0.1) is 0 Å². The molecule has 8 nitrogen and oxygen atoms in total. The van der Waals surface area contributed by atoms with E-state index in [0.717, 1.165) is 10.2 Å². The summed E-state index contributed by atoms with van der Waals surface area (Å²) in [5, 5.41) is 3.01. The van der Waals surface area contributed by atoms with E-state index in [1.807, 2.05) is 6.07 Å². The molecule has 0 spiro atoms. The summed E-state index contributed by atoms with van der Waals surface area (Å²) in [4.78, 5) is 24.1. The third-order valence-corrected chi connectivity index (χ3v) is 6.80. The second kappa shape index (κ2) is 7.81. The highest BCUT2D eigenvalue weighted by Crippen LogP contribution is 2.30. The minimum Gasteiger partial charge on any atom is -0.497 e. The Bertz CT molecular complexity index is 1350. The van der Waals surface area contributed by atoms with Crippen molar-refractivity contribution < 1.29 is 17.9 Å². The smallest absolute Gasteiger partial charge is 0.225 e. The van der Waals surface area contributed by atoms with Crippen LogP contribution in [0.5, 0.6) is 5.75 Å². The van der Waals surface area contributed by atoms with E-state index in [4.69, 9.17) is 4.74 Å². The largest absolute Gasteiger partial charge is 0.497 e. The van der Waals surface area contributed by atoms with Crippen LogP contribution in [0.25, 0.3) is 21.5 Å². The number of carbonyl (C=O) groups excluding carboxylic acids is 1. The SMILES string of the molecule is COc1ccc(S(=O)(=O)c2cncc(-c3ccc4nc(NC(C)=O)sc4c3)n2)cc1. The number of aromatic nitrogens is 3. The number of carbonyl (C=O) groups is 1. The Morgan fingerprint density at radius 1 is 1.07 bits per heavy atom. The van der Waals surface area contributed by atoms with E-state index in [-0.39, 0.29) is 15.8 Å². The fourth-order valence-electron chi connectivity index (χ4n) is 2.78. The molecule has 4 rings (SSSR count). The Labute approximate surface area is 176 Å². The molecule has 30 heavy (non-hydrogen) atoms. The summed E-state index contributed by atoms with van der Waals surface area (Å²) in [6.07, 6.45) is 2.73. The number of rotatable bonds is 5. The Hall–Kier alpha value is -3.37. The molecule has 0 radical (unpaired) electrons. The number of anilines is 1. The number of thiazole rings is 1. The molecule has 0 atom stereocenters. The van der Waals surface area contributed by atoms with Gasteiger partial charge in [-0.1, -0.05) is 17.4 Å². The second-order valence-electron chi connectivity index (χ2n) is 6.30. The quantitative estimate of drug-likeness (QED) is 0.505. The van der Waals surface area contributed by atoms with Crippen LogP contribution in [-0.4, -0.2) is 36.4 Å². The number of benzene rings is 2. The number of fused-ring (bicyclic) bond motifs is 1. The average molecular weight is 441 g/mol. The summed E-state index contributed by atoms with van der Waals surface area (Å²) < 4.78 is 31.8. The molecular weight excluding hydrogens is 424 g/mol. The minimum atomic E-state index is -3.83. The van der Waals surface area contributed by atoms with Crippen LogP contribution in [0.15, 0.2) is 64.8 Å². The highest BCUT2D eigenvalue weighted by molar-refractivity contribution is 7.91. The molecule has 0 aliphatic heterocycles. The first-order valence-electron chi connectivity index (χ1n) is 8.76. The van der Waals surface area contributed by atoms with Crippen molar-refractivity contribution in [3.63, 3.8) is 0 Å². The topological polar surface area (TPSA) is 111 Å². The normalized spacial score (nSPS) is 11.4. The molecule has 2 heterocycles. The summed E-state index contributed by atoms with van der Waals surface area (Å²) in [6, 6.07) is 11.5. The van der Waals surface area contributed by atoms with Gasteiger partial charge in [0.1, 0.15) is 5.75 Å². The van der Waals surface area contributed by atoms with Crippen LogP contribution in [0.3, 0.4) is 0 Å². The van der Waals surface area contributed by atoms with Gasteiger partial charge in [-0.25, -0.2) is 18.4 Å². The van der Waals surface area contributed by atoms with Crippen LogP contribution >= 0.6 is 11.3 Å². The van der Waals surface area contributed by atoms with E-state index in [1.165, 1.54) is 49.9 Å². The lowest BCUT2D eigenvalue weighted by molar-refractivity contribution is -0.114. The first-order valence-corrected chi connectivity index (χ1v) is 11.1. The zero-order valence-corrected chi connectivity index (χ0v) is 17.6. The summed E-state index contributed by atoms with van der Waals surface area (Å²) in [6.45, 7) is 1.42. The molecule has 1 amide bonds. The molecular formula is C20H16N4O4S2. The first-order chi connectivity index (χ1) is 14.4. The van der Waals surface area contributed by atoms with Gasteiger partial charge in [0, 0.05) is 12.5 Å². The first kappa shape index (κ1) is 19.9. The molecule has 152 valence electrons. The van der Waals surface area contributed by atoms with Gasteiger partial charge in [-0.05, 0) is 36.4 Å². The van der Waals surface area contributed by atoms with E-state index < -0.39 is 9.84 Å². The summed E-state index contributed by atoms with van der Waals surface area (Å²) in [7, 11) is -2.32. The predicted octanol–water partition coefficient (Wildman–Crippen LogP) is 3.55. The molecule has 4 aromatic rings. The third-order valence-electron chi connectivity index (χ3n) is 4.22. The fraction of sp³-hybridized carbons (Fsp3) is 0.100. The summed E-state index contributed by atoms with van der Waals surface area (Å²) in [5.41, 5.74) is 1.84. The number of sulfone groups is 1. The highest BCUT2D eigenvalue weighted by Gasteiger charge is 2.21. The van der Waals surface area contributed by atoms with E-state index in [1.54, 1.807) is 24.3 Å². The van der Waals surface area contributed by atoms with Crippen molar-refractivity contribution in [3.8, 4) is 17.0 Å². The maximum atomic E-state index is 12.9. The Kier molecular flexibility index (Phi) is 5.18. The number of ether oxygens (including phenoxy) is 1. The molecule has 0 saturated carbocycles. The van der Waals surface area contributed by atoms with Crippen molar-refractivity contribution >= 4 is 42.4 Å². The zero-order chi connectivity index (χ0) is 21.3. The van der Waals surface area contributed by atoms with E-state index in [0.29, 0.717) is 22.1 Å². The maximum absolute atomic E-state index is 12.9. The highest BCUT2D eigenvalue weighted by atomic mass is 32.2. The van der Waals surface area contributed by atoms with Crippen LogP contribution in [0.4, 0.5) is 5.13 Å². The molecule has 0 aliphatic carbocycles. The van der Waals surface area contributed by atoms with Crippen molar-refractivity contribution in [2.45, 2.75) is 16.8 Å². The van der Waals surface area contributed by atoms with Crippen molar-refractivity contribution in [2.24, 2.45) is 0 Å². The van der Waals surface area contributed by atoms with Gasteiger partial charge in [-0.3, -0.25) is 9.78 Å². The zero-order valence-electron chi connectivity index (χ0n) is 16.0. The minimum absolute atomic E-state index is 0.104. The van der Waals surface area contributed by atoms with Crippen LogP contribution < -0.4 is 10.1 Å². The summed E-state index contributed by atoms with van der Waals surface area (Å²) in [5.74, 6) is 0.363.